The van der Waals surface area contributed by atoms with Crippen LogP contribution in [0.15, 0.2) is 48.5 Å². The van der Waals surface area contributed by atoms with E-state index in [4.69, 9.17) is 4.98 Å². The Labute approximate surface area is 136 Å². The zero-order valence-electron chi connectivity index (χ0n) is 12.3. The molecule has 4 rings (SSSR count). The molecule has 0 saturated heterocycles. The lowest BCUT2D eigenvalue weighted by molar-refractivity contribution is 0.156. The van der Waals surface area contributed by atoms with Gasteiger partial charge in [0.15, 0.2) is 0 Å². The maximum atomic E-state index is 10.1. The lowest BCUT2D eigenvalue weighted by atomic mass is 10.0. The van der Waals surface area contributed by atoms with Crippen molar-refractivity contribution >= 4 is 23.4 Å². The van der Waals surface area contributed by atoms with E-state index in [-0.39, 0.29) is 18.5 Å². The quantitative estimate of drug-likeness (QED) is 0.801. The zero-order valence-corrected chi connectivity index (χ0v) is 13.1. The number of imidazole rings is 1. The number of halogens is 1. The lowest BCUT2D eigenvalue weighted by Crippen LogP contribution is -2.15. The van der Waals surface area contributed by atoms with Crippen LogP contribution in [0.3, 0.4) is 0 Å². The van der Waals surface area contributed by atoms with E-state index in [1.54, 1.807) is 0 Å². The molecule has 22 heavy (non-hydrogen) atoms. The second-order valence-electron chi connectivity index (χ2n) is 5.68. The fourth-order valence-electron chi connectivity index (χ4n) is 3.27. The molecule has 0 aliphatic carbocycles. The van der Waals surface area contributed by atoms with E-state index in [0.29, 0.717) is 0 Å². The minimum Gasteiger partial charge on any atom is -0.388 e. The highest BCUT2D eigenvalue weighted by Crippen LogP contribution is 2.32. The molecule has 1 unspecified atom stereocenters. The second-order valence-corrected chi connectivity index (χ2v) is 5.68. The third-order valence-electron chi connectivity index (χ3n) is 4.34. The monoisotopic (exact) mass is 314 g/mol. The summed E-state index contributed by atoms with van der Waals surface area (Å²) in [6.45, 7) is 0.860. The predicted octanol–water partition coefficient (Wildman–Crippen LogP) is 3.68. The standard InChI is InChI=1S/C18H18N2O.ClH/c21-16-11-12-20-17(10-9-13-5-2-1-3-6-13)19-15-8-4-7-14(16)18(15)20;/h1-8,16,21H,9-12H2;1H. The third kappa shape index (κ3) is 2.51. The largest absolute Gasteiger partial charge is 0.388 e. The van der Waals surface area contributed by atoms with E-state index >= 15 is 0 Å². The predicted molar refractivity (Wildman–Crippen MR) is 90.4 cm³/mol. The van der Waals surface area contributed by atoms with Crippen LogP contribution in [0, 0.1) is 0 Å². The number of benzene rings is 2. The molecule has 114 valence electrons. The maximum Gasteiger partial charge on any atom is 0.110 e. The highest BCUT2D eigenvalue weighted by atomic mass is 35.5. The summed E-state index contributed by atoms with van der Waals surface area (Å²) in [7, 11) is 0. The van der Waals surface area contributed by atoms with Gasteiger partial charge in [-0.05, 0) is 24.5 Å². The van der Waals surface area contributed by atoms with Crippen molar-refractivity contribution in [3.8, 4) is 0 Å². The van der Waals surface area contributed by atoms with Crippen LogP contribution in [0.5, 0.6) is 0 Å². The van der Waals surface area contributed by atoms with Crippen LogP contribution >= 0.6 is 12.4 Å². The first kappa shape index (κ1) is 15.1. The van der Waals surface area contributed by atoms with Crippen LogP contribution in [-0.2, 0) is 19.4 Å². The molecule has 1 aromatic heterocycles. The first-order valence-electron chi connectivity index (χ1n) is 7.53. The van der Waals surface area contributed by atoms with Gasteiger partial charge in [0.1, 0.15) is 5.82 Å². The molecule has 2 aromatic carbocycles. The Balaban J connectivity index is 0.00000144. The zero-order chi connectivity index (χ0) is 14.2. The molecule has 4 heteroatoms. The molecule has 0 saturated carbocycles. The minimum atomic E-state index is -0.347. The van der Waals surface area contributed by atoms with Crippen molar-refractivity contribution in [3.63, 3.8) is 0 Å². The van der Waals surface area contributed by atoms with Gasteiger partial charge >= 0.3 is 0 Å². The van der Waals surface area contributed by atoms with Crippen LogP contribution in [-0.4, -0.2) is 14.7 Å². The van der Waals surface area contributed by atoms with Gasteiger partial charge in [0.2, 0.25) is 0 Å². The summed E-state index contributed by atoms with van der Waals surface area (Å²) in [6, 6.07) is 16.6. The molecule has 0 spiro atoms. The molecule has 1 aliphatic heterocycles. The van der Waals surface area contributed by atoms with Gasteiger partial charge in [-0.3, -0.25) is 0 Å². The number of aliphatic hydroxyl groups excluding tert-OH is 1. The van der Waals surface area contributed by atoms with Crippen LogP contribution in [0.2, 0.25) is 0 Å². The summed E-state index contributed by atoms with van der Waals surface area (Å²) < 4.78 is 2.29. The van der Waals surface area contributed by atoms with E-state index in [2.05, 4.69) is 28.8 Å². The Hall–Kier alpha value is -1.84. The maximum absolute atomic E-state index is 10.1. The SMILES string of the molecule is Cl.OC1CCn2c(CCc3ccccc3)nc3cccc1c32. The summed E-state index contributed by atoms with van der Waals surface area (Å²) in [5, 5.41) is 10.1. The summed E-state index contributed by atoms with van der Waals surface area (Å²) >= 11 is 0. The number of hydrogen-bond acceptors (Lipinski definition) is 2. The molecule has 0 amide bonds. The summed E-state index contributed by atoms with van der Waals surface area (Å²) in [5.41, 5.74) is 4.50. The van der Waals surface area contributed by atoms with E-state index in [1.807, 2.05) is 24.3 Å². The number of aliphatic hydroxyl groups is 1. The highest BCUT2D eigenvalue weighted by molar-refractivity contribution is 5.85. The number of rotatable bonds is 3. The van der Waals surface area contributed by atoms with E-state index in [9.17, 15) is 5.11 Å². The van der Waals surface area contributed by atoms with Crippen LogP contribution in [0.1, 0.15) is 29.5 Å². The van der Waals surface area contributed by atoms with Gasteiger partial charge in [0.25, 0.3) is 0 Å². The van der Waals surface area contributed by atoms with E-state index in [1.165, 1.54) is 5.56 Å². The van der Waals surface area contributed by atoms with Gasteiger partial charge < -0.3 is 9.67 Å². The van der Waals surface area contributed by atoms with Gasteiger partial charge in [-0.25, -0.2) is 4.98 Å². The molecule has 0 fully saturated rings. The lowest BCUT2D eigenvalue weighted by Gasteiger charge is -2.21. The molecule has 3 nitrogen and oxygen atoms in total. The van der Waals surface area contributed by atoms with Gasteiger partial charge in [-0.1, -0.05) is 42.5 Å². The fourth-order valence-corrected chi connectivity index (χ4v) is 3.27. The second kappa shape index (κ2) is 6.11. The van der Waals surface area contributed by atoms with Gasteiger partial charge in [-0.15, -0.1) is 12.4 Å². The summed E-state index contributed by atoms with van der Waals surface area (Å²) in [5.74, 6) is 1.13. The van der Waals surface area contributed by atoms with Gasteiger partial charge in [0.05, 0.1) is 17.1 Å². The first-order valence-corrected chi connectivity index (χ1v) is 7.53. The number of aryl methyl sites for hydroxylation is 3. The molecular weight excluding hydrogens is 296 g/mol. The number of nitrogens with zero attached hydrogens (tertiary/aromatic N) is 2. The Morgan fingerprint density at radius 2 is 1.86 bits per heavy atom. The number of aromatic nitrogens is 2. The summed E-state index contributed by atoms with van der Waals surface area (Å²) in [6.07, 6.45) is 2.37. The van der Waals surface area contributed by atoms with Crippen molar-refractivity contribution in [1.82, 2.24) is 9.55 Å². The molecule has 3 aromatic rings. The van der Waals surface area contributed by atoms with Crippen LogP contribution in [0.4, 0.5) is 0 Å². The Kier molecular flexibility index (Phi) is 4.19. The fraction of sp³-hybridized carbons (Fsp3) is 0.278. The van der Waals surface area contributed by atoms with Crippen LogP contribution < -0.4 is 0 Å². The Bertz CT molecular complexity index is 782. The van der Waals surface area contributed by atoms with Gasteiger partial charge in [-0.2, -0.15) is 0 Å². The normalized spacial score (nSPS) is 16.5. The molecular formula is C18H19ClN2O. The average molecular weight is 315 g/mol. The van der Waals surface area contributed by atoms with Crippen molar-refractivity contribution in [2.45, 2.75) is 31.9 Å². The number of para-hydroxylation sites is 1. The van der Waals surface area contributed by atoms with E-state index < -0.39 is 0 Å². The molecule has 0 radical (unpaired) electrons. The average Bonchev–Trinajstić information content (AvgIpc) is 2.89. The molecule has 2 heterocycles. The Morgan fingerprint density at radius 3 is 2.68 bits per heavy atom. The molecule has 1 aliphatic rings. The van der Waals surface area contributed by atoms with Crippen LogP contribution in [0.25, 0.3) is 11.0 Å². The molecule has 1 atom stereocenters. The smallest absolute Gasteiger partial charge is 0.110 e. The highest BCUT2D eigenvalue weighted by Gasteiger charge is 2.22. The Morgan fingerprint density at radius 1 is 1.05 bits per heavy atom. The first-order chi connectivity index (χ1) is 10.3. The van der Waals surface area contributed by atoms with Crippen molar-refractivity contribution in [2.24, 2.45) is 0 Å². The molecule has 0 bridgehead atoms. The van der Waals surface area contributed by atoms with Crippen molar-refractivity contribution < 1.29 is 5.11 Å². The topological polar surface area (TPSA) is 38.0 Å². The molecule has 1 N–H and O–H groups in total. The number of hydrogen-bond donors (Lipinski definition) is 1. The third-order valence-corrected chi connectivity index (χ3v) is 4.34. The van der Waals surface area contributed by atoms with Crippen molar-refractivity contribution in [3.05, 3.63) is 65.5 Å². The van der Waals surface area contributed by atoms with Gasteiger partial charge in [0, 0.05) is 18.5 Å². The van der Waals surface area contributed by atoms with Crippen molar-refractivity contribution in [1.29, 1.82) is 0 Å². The summed E-state index contributed by atoms with van der Waals surface area (Å²) in [4.78, 5) is 4.79. The van der Waals surface area contributed by atoms with Crippen molar-refractivity contribution in [2.75, 3.05) is 0 Å². The minimum absolute atomic E-state index is 0. The van der Waals surface area contributed by atoms with E-state index in [0.717, 1.165) is 48.2 Å².